The minimum absolute atomic E-state index is 0.0324. The molecule has 0 radical (unpaired) electrons. The molecular formula is C14H22N2O. The zero-order valence-electron chi connectivity index (χ0n) is 11.0. The second kappa shape index (κ2) is 4.57. The lowest BCUT2D eigenvalue weighted by atomic mass is 9.94. The van der Waals surface area contributed by atoms with Crippen LogP contribution in [0.4, 0.5) is 11.4 Å². The van der Waals surface area contributed by atoms with Gasteiger partial charge in [0.2, 0.25) is 0 Å². The number of hydrogen-bond donors (Lipinski definition) is 1. The molecule has 2 N–H and O–H groups in total. The molecule has 1 aromatic rings. The van der Waals surface area contributed by atoms with Gasteiger partial charge in [-0.15, -0.1) is 0 Å². The Morgan fingerprint density at radius 2 is 2.18 bits per heavy atom. The van der Waals surface area contributed by atoms with Crippen LogP contribution in [-0.4, -0.2) is 25.8 Å². The maximum absolute atomic E-state index is 5.97. The van der Waals surface area contributed by atoms with Crippen molar-refractivity contribution in [2.45, 2.75) is 32.3 Å². The molecule has 17 heavy (non-hydrogen) atoms. The fraction of sp³-hybridized carbons (Fsp3) is 0.571. The maximum atomic E-state index is 5.97. The molecule has 1 saturated heterocycles. The van der Waals surface area contributed by atoms with Crippen LogP contribution in [0.2, 0.25) is 0 Å². The van der Waals surface area contributed by atoms with Gasteiger partial charge in [-0.25, -0.2) is 0 Å². The van der Waals surface area contributed by atoms with E-state index < -0.39 is 0 Å². The summed E-state index contributed by atoms with van der Waals surface area (Å²) in [6, 6.07) is 6.13. The van der Waals surface area contributed by atoms with Crippen molar-refractivity contribution in [2.24, 2.45) is 0 Å². The number of anilines is 2. The molecule has 1 fully saturated rings. The van der Waals surface area contributed by atoms with Gasteiger partial charge in [0.25, 0.3) is 0 Å². The summed E-state index contributed by atoms with van der Waals surface area (Å²) in [5.74, 6) is 0. The fourth-order valence-electron chi connectivity index (χ4n) is 2.56. The first kappa shape index (κ1) is 12.2. The van der Waals surface area contributed by atoms with Crippen molar-refractivity contribution < 1.29 is 4.74 Å². The van der Waals surface area contributed by atoms with Crippen LogP contribution >= 0.6 is 0 Å². The summed E-state index contributed by atoms with van der Waals surface area (Å²) in [6.45, 7) is 6.29. The van der Waals surface area contributed by atoms with Crippen LogP contribution in [0.25, 0.3) is 0 Å². The number of hydrogen-bond acceptors (Lipinski definition) is 3. The Morgan fingerprint density at radius 1 is 1.41 bits per heavy atom. The van der Waals surface area contributed by atoms with E-state index in [1.54, 1.807) is 7.11 Å². The summed E-state index contributed by atoms with van der Waals surface area (Å²) in [5, 5.41) is 0. The third-order valence-electron chi connectivity index (χ3n) is 3.84. The molecule has 1 heterocycles. The molecule has 94 valence electrons. The quantitative estimate of drug-likeness (QED) is 0.799. The van der Waals surface area contributed by atoms with Crippen LogP contribution in [-0.2, 0) is 4.74 Å². The Balaban J connectivity index is 2.25. The van der Waals surface area contributed by atoms with E-state index in [1.807, 2.05) is 12.1 Å². The summed E-state index contributed by atoms with van der Waals surface area (Å²) in [7, 11) is 1.80. The molecule has 1 atom stereocenters. The van der Waals surface area contributed by atoms with Gasteiger partial charge >= 0.3 is 0 Å². The number of benzene rings is 1. The van der Waals surface area contributed by atoms with Gasteiger partial charge in [-0.1, -0.05) is 6.07 Å². The topological polar surface area (TPSA) is 38.5 Å². The molecular weight excluding hydrogens is 212 g/mol. The number of rotatable bonds is 2. The van der Waals surface area contributed by atoms with Crippen LogP contribution in [0.3, 0.4) is 0 Å². The first-order valence-electron chi connectivity index (χ1n) is 6.21. The Kier molecular flexibility index (Phi) is 3.29. The van der Waals surface area contributed by atoms with Gasteiger partial charge in [0.1, 0.15) is 0 Å². The normalized spacial score (nSPS) is 25.0. The summed E-state index contributed by atoms with van der Waals surface area (Å²) in [5.41, 5.74) is 9.22. The number of ether oxygens (including phenoxy) is 1. The first-order chi connectivity index (χ1) is 8.06. The molecule has 1 aromatic carbocycles. The van der Waals surface area contributed by atoms with Crippen LogP contribution in [0.15, 0.2) is 18.2 Å². The van der Waals surface area contributed by atoms with Crippen LogP contribution < -0.4 is 10.6 Å². The number of nitrogens with two attached hydrogens (primary N) is 1. The minimum atomic E-state index is -0.0324. The zero-order chi connectivity index (χ0) is 12.5. The monoisotopic (exact) mass is 234 g/mol. The second-order valence-corrected chi connectivity index (χ2v) is 5.17. The van der Waals surface area contributed by atoms with Crippen LogP contribution in [0.1, 0.15) is 25.3 Å². The lowest BCUT2D eigenvalue weighted by Gasteiger charge is -2.41. The molecule has 0 amide bonds. The Bertz CT molecular complexity index is 405. The number of nitrogen functional groups attached to an aromatic ring is 1. The van der Waals surface area contributed by atoms with E-state index in [0.717, 1.165) is 25.2 Å². The van der Waals surface area contributed by atoms with Crippen LogP contribution in [0.5, 0.6) is 0 Å². The summed E-state index contributed by atoms with van der Waals surface area (Å²) in [4.78, 5) is 2.39. The summed E-state index contributed by atoms with van der Waals surface area (Å²) >= 11 is 0. The molecule has 3 nitrogen and oxygen atoms in total. The molecule has 2 rings (SSSR count). The van der Waals surface area contributed by atoms with Crippen LogP contribution in [0, 0.1) is 6.92 Å². The highest BCUT2D eigenvalue weighted by Gasteiger charge is 2.31. The zero-order valence-corrected chi connectivity index (χ0v) is 11.0. The Morgan fingerprint density at radius 3 is 2.88 bits per heavy atom. The van der Waals surface area contributed by atoms with Gasteiger partial charge in [0.15, 0.2) is 0 Å². The average molecular weight is 234 g/mol. The average Bonchev–Trinajstić information content (AvgIpc) is 2.33. The highest BCUT2D eigenvalue weighted by Crippen LogP contribution is 2.31. The third-order valence-corrected chi connectivity index (χ3v) is 3.84. The summed E-state index contributed by atoms with van der Waals surface area (Å²) < 4.78 is 5.63. The number of nitrogens with zero attached hydrogens (tertiary/aromatic N) is 1. The molecule has 1 unspecified atom stereocenters. The fourth-order valence-corrected chi connectivity index (χ4v) is 2.56. The van der Waals surface area contributed by atoms with Crippen molar-refractivity contribution in [3.05, 3.63) is 23.8 Å². The van der Waals surface area contributed by atoms with Gasteiger partial charge in [-0.05, 0) is 44.4 Å². The van der Waals surface area contributed by atoms with E-state index >= 15 is 0 Å². The van der Waals surface area contributed by atoms with Crippen molar-refractivity contribution in [1.29, 1.82) is 0 Å². The molecule has 1 aliphatic rings. The largest absolute Gasteiger partial charge is 0.398 e. The Labute approximate surface area is 104 Å². The van der Waals surface area contributed by atoms with E-state index in [1.165, 1.54) is 17.7 Å². The highest BCUT2D eigenvalue weighted by atomic mass is 16.5. The van der Waals surface area contributed by atoms with Gasteiger partial charge in [0.05, 0.1) is 5.60 Å². The third kappa shape index (κ3) is 2.39. The first-order valence-corrected chi connectivity index (χ1v) is 6.21. The van der Waals surface area contributed by atoms with Gasteiger partial charge in [0, 0.05) is 31.6 Å². The molecule has 0 bridgehead atoms. The van der Waals surface area contributed by atoms with Crippen molar-refractivity contribution in [3.8, 4) is 0 Å². The minimum Gasteiger partial charge on any atom is -0.398 e. The van der Waals surface area contributed by atoms with E-state index in [-0.39, 0.29) is 5.60 Å². The predicted molar refractivity (Wildman–Crippen MR) is 72.5 cm³/mol. The SMILES string of the molecule is COC1(C)CCCN(c2cccc(N)c2C)C1. The smallest absolute Gasteiger partial charge is 0.0825 e. The van der Waals surface area contributed by atoms with Gasteiger partial charge in [-0.3, -0.25) is 0 Å². The maximum Gasteiger partial charge on any atom is 0.0825 e. The molecule has 0 aromatic heterocycles. The van der Waals surface area contributed by atoms with Gasteiger partial charge in [-0.2, -0.15) is 0 Å². The molecule has 0 aliphatic carbocycles. The number of methoxy groups -OCH3 is 1. The lowest BCUT2D eigenvalue weighted by Crippen LogP contribution is -2.47. The number of piperidine rings is 1. The van der Waals surface area contributed by atoms with Crippen molar-refractivity contribution >= 4 is 11.4 Å². The van der Waals surface area contributed by atoms with Crippen molar-refractivity contribution in [3.63, 3.8) is 0 Å². The van der Waals surface area contributed by atoms with Crippen molar-refractivity contribution in [2.75, 3.05) is 30.8 Å². The second-order valence-electron chi connectivity index (χ2n) is 5.17. The van der Waals surface area contributed by atoms with Crippen molar-refractivity contribution in [1.82, 2.24) is 0 Å². The predicted octanol–water partition coefficient (Wildman–Crippen LogP) is 2.58. The molecule has 1 aliphatic heterocycles. The molecule has 0 saturated carbocycles. The van der Waals surface area contributed by atoms with E-state index in [0.29, 0.717) is 0 Å². The van der Waals surface area contributed by atoms with E-state index in [9.17, 15) is 0 Å². The van der Waals surface area contributed by atoms with Gasteiger partial charge < -0.3 is 15.4 Å². The Hall–Kier alpha value is -1.22. The summed E-state index contributed by atoms with van der Waals surface area (Å²) in [6.07, 6.45) is 2.29. The lowest BCUT2D eigenvalue weighted by molar-refractivity contribution is -0.00467. The highest BCUT2D eigenvalue weighted by molar-refractivity contribution is 5.64. The van der Waals surface area contributed by atoms with E-state index in [4.69, 9.17) is 10.5 Å². The molecule has 0 spiro atoms. The molecule has 3 heteroatoms. The standard InChI is InChI=1S/C14H22N2O/c1-11-12(15)6-4-7-13(11)16-9-5-8-14(2,10-16)17-3/h4,6-7H,5,8-10,15H2,1-3H3. The van der Waals surface area contributed by atoms with E-state index in [2.05, 4.69) is 24.8 Å².